The second kappa shape index (κ2) is 5.65. The van der Waals surface area contributed by atoms with Crippen LogP contribution in [-0.2, 0) is 14.9 Å². The first-order valence-corrected chi connectivity index (χ1v) is 5.77. The maximum Gasteiger partial charge on any atom is 0.335 e. The van der Waals surface area contributed by atoms with E-state index >= 15 is 0 Å². The minimum atomic E-state index is -4.89. The van der Waals surface area contributed by atoms with Crippen molar-refractivity contribution in [3.05, 3.63) is 43.6 Å². The Balaban J connectivity index is 0.00000289. The van der Waals surface area contributed by atoms with Gasteiger partial charge in [0.25, 0.3) is 0 Å². The molecule has 0 aliphatic heterocycles. The molecule has 0 fully saturated rings. The summed E-state index contributed by atoms with van der Waals surface area (Å²) >= 11 is 0. The van der Waals surface area contributed by atoms with Gasteiger partial charge in [0, 0.05) is 19.6 Å². The van der Waals surface area contributed by atoms with Crippen molar-refractivity contribution in [2.24, 2.45) is 0 Å². The van der Waals surface area contributed by atoms with Gasteiger partial charge in [-0.15, -0.1) is 0 Å². The van der Waals surface area contributed by atoms with E-state index < -0.39 is 26.8 Å². The van der Waals surface area contributed by atoms with Crippen molar-refractivity contribution >= 4 is 16.1 Å². The van der Waals surface area contributed by atoms with Crippen LogP contribution in [0.15, 0.2) is 29.7 Å². The van der Waals surface area contributed by atoms with Gasteiger partial charge in [0.2, 0.25) is 0 Å². The molecule has 0 saturated carbocycles. The minimum absolute atomic E-state index is 0. The summed E-state index contributed by atoms with van der Waals surface area (Å²) < 4.78 is 50.0. The van der Waals surface area contributed by atoms with Gasteiger partial charge in [-0.25, -0.2) is 17.6 Å². The van der Waals surface area contributed by atoms with Crippen LogP contribution in [0.3, 0.4) is 0 Å². The van der Waals surface area contributed by atoms with E-state index in [1.54, 1.807) is 0 Å². The third-order valence-corrected chi connectivity index (χ3v) is 2.73. The summed E-state index contributed by atoms with van der Waals surface area (Å²) in [4.78, 5) is 9.91. The highest BCUT2D eigenvalue weighted by atomic mass is 32.2. The van der Waals surface area contributed by atoms with Crippen LogP contribution in [-0.4, -0.2) is 18.9 Å². The zero-order valence-corrected chi connectivity index (χ0v) is 10.6. The van der Waals surface area contributed by atoms with Gasteiger partial charge >= 0.3 is 5.97 Å². The SMILES string of the molecule is C=CC(=O)Oc1cc(F)c(S(=O)(=O)[O-])cc1C.[CH3+]. The van der Waals surface area contributed by atoms with Crippen molar-refractivity contribution < 1.29 is 26.9 Å². The average molecular weight is 274 g/mol. The molecule has 1 rings (SSSR count). The Morgan fingerprint density at radius 3 is 2.50 bits per heavy atom. The number of hydrogen-bond acceptors (Lipinski definition) is 5. The number of benzene rings is 1. The predicted molar refractivity (Wildman–Crippen MR) is 61.3 cm³/mol. The maximum absolute atomic E-state index is 13.3. The van der Waals surface area contributed by atoms with E-state index in [4.69, 9.17) is 0 Å². The summed E-state index contributed by atoms with van der Waals surface area (Å²) in [6.45, 7) is 4.53. The summed E-state index contributed by atoms with van der Waals surface area (Å²) in [6.07, 6.45) is 0.871. The lowest BCUT2D eigenvalue weighted by atomic mass is 10.2. The number of ether oxygens (including phenoxy) is 1. The third kappa shape index (κ3) is 3.57. The first-order valence-electron chi connectivity index (χ1n) is 4.36. The molecule has 7 heteroatoms. The zero-order chi connectivity index (χ0) is 13.2. The molecule has 0 bridgehead atoms. The molecule has 0 aromatic heterocycles. The van der Waals surface area contributed by atoms with Crippen molar-refractivity contribution in [3.8, 4) is 5.75 Å². The standard InChI is InChI=1S/C10H9FO5S.CH3/c1-3-10(12)16-8-5-7(11)9(4-6(8)2)17(13,14)15;/h3-5H,1H2,2H3,(H,13,14,15);1H3/q;+1/p-1. The monoisotopic (exact) mass is 274 g/mol. The Labute approximate surface area is 105 Å². The fraction of sp³-hybridized carbons (Fsp3) is 0.0909. The van der Waals surface area contributed by atoms with Gasteiger partial charge in [-0.05, 0) is 18.6 Å². The highest BCUT2D eigenvalue weighted by molar-refractivity contribution is 7.85. The molecule has 0 heterocycles. The second-order valence-corrected chi connectivity index (χ2v) is 4.48. The van der Waals surface area contributed by atoms with E-state index in [1.165, 1.54) is 6.92 Å². The number of halogens is 1. The van der Waals surface area contributed by atoms with Crippen LogP contribution >= 0.6 is 0 Å². The van der Waals surface area contributed by atoms with Crippen LogP contribution in [0.25, 0.3) is 0 Å². The van der Waals surface area contributed by atoms with Gasteiger partial charge < -0.3 is 9.29 Å². The van der Waals surface area contributed by atoms with Gasteiger partial charge in [-0.3, -0.25) is 0 Å². The fourth-order valence-electron chi connectivity index (χ4n) is 1.09. The van der Waals surface area contributed by atoms with Gasteiger partial charge in [0.1, 0.15) is 21.7 Å². The smallest absolute Gasteiger partial charge is 0.335 e. The molecule has 5 nitrogen and oxygen atoms in total. The third-order valence-electron chi connectivity index (χ3n) is 1.88. The van der Waals surface area contributed by atoms with Crippen LogP contribution in [0, 0.1) is 20.2 Å². The van der Waals surface area contributed by atoms with Crippen molar-refractivity contribution in [2.75, 3.05) is 0 Å². The molecule has 98 valence electrons. The van der Waals surface area contributed by atoms with Crippen molar-refractivity contribution in [1.29, 1.82) is 0 Å². The largest absolute Gasteiger partial charge is 0.744 e. The number of carbonyl (C=O) groups excluding carboxylic acids is 1. The molecule has 0 aliphatic rings. The molecule has 1 aromatic rings. The topological polar surface area (TPSA) is 83.5 Å². The predicted octanol–water partition coefficient (Wildman–Crippen LogP) is 1.58. The van der Waals surface area contributed by atoms with Gasteiger partial charge in [-0.2, -0.15) is 0 Å². The van der Waals surface area contributed by atoms with Crippen LogP contribution in [0.1, 0.15) is 5.56 Å². The van der Waals surface area contributed by atoms with E-state index in [1.807, 2.05) is 0 Å². The van der Waals surface area contributed by atoms with Gasteiger partial charge in [-0.1, -0.05) is 6.58 Å². The average Bonchev–Trinajstić information content (AvgIpc) is 2.21. The van der Waals surface area contributed by atoms with E-state index in [-0.39, 0.29) is 18.7 Å². The van der Waals surface area contributed by atoms with Gasteiger partial charge in [0.05, 0.1) is 4.90 Å². The molecule has 0 radical (unpaired) electrons. The van der Waals surface area contributed by atoms with E-state index in [0.29, 0.717) is 6.07 Å². The van der Waals surface area contributed by atoms with E-state index in [2.05, 4.69) is 11.3 Å². The Morgan fingerprint density at radius 1 is 1.50 bits per heavy atom. The highest BCUT2D eigenvalue weighted by Gasteiger charge is 2.14. The summed E-state index contributed by atoms with van der Waals surface area (Å²) in [5.74, 6) is -2.25. The van der Waals surface area contributed by atoms with Crippen LogP contribution in [0.4, 0.5) is 4.39 Å². The van der Waals surface area contributed by atoms with Crippen LogP contribution in [0.5, 0.6) is 5.75 Å². The molecule has 0 N–H and O–H groups in total. The maximum atomic E-state index is 13.3. The molecule has 0 saturated heterocycles. The molecule has 0 aliphatic carbocycles. The lowest BCUT2D eigenvalue weighted by Crippen LogP contribution is -2.07. The minimum Gasteiger partial charge on any atom is -0.744 e. The summed E-state index contributed by atoms with van der Waals surface area (Å²) in [6, 6.07) is 1.48. The molecule has 0 atom stereocenters. The molecule has 1 aromatic carbocycles. The van der Waals surface area contributed by atoms with Crippen molar-refractivity contribution in [2.45, 2.75) is 11.8 Å². The summed E-state index contributed by atoms with van der Waals surface area (Å²) in [7, 11) is -4.89. The number of aryl methyl sites for hydroxylation is 1. The quantitative estimate of drug-likeness (QED) is 0.275. The van der Waals surface area contributed by atoms with Crippen LogP contribution in [0.2, 0.25) is 0 Å². The van der Waals surface area contributed by atoms with Crippen molar-refractivity contribution in [3.63, 3.8) is 0 Å². The molecular formula is C11H11FO5S. The molecular weight excluding hydrogens is 263 g/mol. The summed E-state index contributed by atoms with van der Waals surface area (Å²) in [5, 5.41) is 0. The summed E-state index contributed by atoms with van der Waals surface area (Å²) in [5.41, 5.74) is 0.149. The Morgan fingerprint density at radius 2 is 2.06 bits per heavy atom. The Kier molecular flexibility index (Phi) is 5.07. The number of hydrogen-bond donors (Lipinski definition) is 0. The van der Waals surface area contributed by atoms with Gasteiger partial charge in [0.15, 0.2) is 0 Å². The van der Waals surface area contributed by atoms with Crippen LogP contribution < -0.4 is 4.74 Å². The molecule has 0 spiro atoms. The van der Waals surface area contributed by atoms with E-state index in [9.17, 15) is 22.2 Å². The van der Waals surface area contributed by atoms with E-state index in [0.717, 1.165) is 12.1 Å². The number of esters is 1. The lowest BCUT2D eigenvalue weighted by molar-refractivity contribution is -0.129. The second-order valence-electron chi connectivity index (χ2n) is 3.13. The molecule has 0 amide bonds. The number of carbonyl (C=O) groups is 1. The normalized spacial score (nSPS) is 10.4. The fourth-order valence-corrected chi connectivity index (χ4v) is 1.71. The first-order chi connectivity index (χ1) is 7.75. The number of rotatable bonds is 3. The Bertz CT molecular complexity index is 577. The first kappa shape index (κ1) is 16.1. The van der Waals surface area contributed by atoms with Crippen molar-refractivity contribution in [1.82, 2.24) is 0 Å². The molecule has 18 heavy (non-hydrogen) atoms. The lowest BCUT2D eigenvalue weighted by Gasteiger charge is -2.11. The molecule has 0 unspecified atom stereocenters. The zero-order valence-electron chi connectivity index (χ0n) is 9.77. The Hall–Kier alpha value is -1.86. The highest BCUT2D eigenvalue weighted by Crippen LogP contribution is 2.25.